The second kappa shape index (κ2) is 6.89. The molecule has 1 rings (SSSR count). The van der Waals surface area contributed by atoms with Crippen molar-refractivity contribution in [2.24, 2.45) is 5.92 Å². The molecular weight excluding hydrogens is 251 g/mol. The molecule has 0 aliphatic rings. The number of carboxylic acid groups (broad SMARTS) is 1. The lowest BCUT2D eigenvalue weighted by Crippen LogP contribution is -2.09. The Balaban J connectivity index is 2.58. The van der Waals surface area contributed by atoms with E-state index in [-0.39, 0.29) is 5.92 Å². The van der Waals surface area contributed by atoms with Gasteiger partial charge in [-0.1, -0.05) is 19.1 Å². The van der Waals surface area contributed by atoms with Gasteiger partial charge in [0.25, 0.3) is 0 Å². The number of aromatic hydroxyl groups is 1. The van der Waals surface area contributed by atoms with E-state index in [1.54, 1.807) is 6.92 Å². The molecule has 19 heavy (non-hydrogen) atoms. The second-order valence-electron chi connectivity index (χ2n) is 4.45. The smallest absolute Gasteiger partial charge is 0.327 e. The summed E-state index contributed by atoms with van der Waals surface area (Å²) >= 11 is 0. The number of carboxylic acids is 1. The van der Waals surface area contributed by atoms with Crippen LogP contribution in [0.25, 0.3) is 0 Å². The van der Waals surface area contributed by atoms with Gasteiger partial charge in [-0.15, -0.1) is 0 Å². The van der Waals surface area contributed by atoms with Crippen LogP contribution in [0.4, 0.5) is 4.39 Å². The molecule has 0 aromatic heterocycles. The van der Waals surface area contributed by atoms with E-state index in [0.29, 0.717) is 18.4 Å². The quantitative estimate of drug-likeness (QED) is 0.693. The SMILES string of the molecule is C[C@H](CC/C=C/C(=O)O)[C@@H](O)c1ccc(O)c(F)c1. The maximum atomic E-state index is 13.2. The number of halogens is 1. The zero-order chi connectivity index (χ0) is 14.4. The van der Waals surface area contributed by atoms with Crippen molar-refractivity contribution in [3.8, 4) is 5.75 Å². The third-order valence-corrected chi connectivity index (χ3v) is 2.90. The molecule has 4 nitrogen and oxygen atoms in total. The number of hydrogen-bond acceptors (Lipinski definition) is 3. The molecule has 0 radical (unpaired) electrons. The Kier molecular flexibility index (Phi) is 5.51. The zero-order valence-electron chi connectivity index (χ0n) is 10.6. The molecule has 0 bridgehead atoms. The highest BCUT2D eigenvalue weighted by Gasteiger charge is 2.17. The Bertz CT molecular complexity index is 471. The maximum Gasteiger partial charge on any atom is 0.327 e. The minimum atomic E-state index is -1.01. The Morgan fingerprint density at radius 3 is 2.74 bits per heavy atom. The average Bonchev–Trinajstić information content (AvgIpc) is 2.36. The summed E-state index contributed by atoms with van der Waals surface area (Å²) in [7, 11) is 0. The van der Waals surface area contributed by atoms with E-state index >= 15 is 0 Å². The Hall–Kier alpha value is -1.88. The fourth-order valence-corrected chi connectivity index (χ4v) is 1.74. The first-order chi connectivity index (χ1) is 8.91. The summed E-state index contributed by atoms with van der Waals surface area (Å²) < 4.78 is 13.2. The number of phenols is 1. The van der Waals surface area contributed by atoms with Gasteiger partial charge in [-0.05, 0) is 36.5 Å². The number of hydrogen-bond donors (Lipinski definition) is 3. The summed E-state index contributed by atoms with van der Waals surface area (Å²) in [4.78, 5) is 10.3. The van der Waals surface area contributed by atoms with E-state index in [2.05, 4.69) is 0 Å². The van der Waals surface area contributed by atoms with Crippen LogP contribution in [-0.2, 0) is 4.79 Å². The number of aliphatic hydroxyl groups excluding tert-OH is 1. The fourth-order valence-electron chi connectivity index (χ4n) is 1.74. The van der Waals surface area contributed by atoms with Gasteiger partial charge in [0.15, 0.2) is 11.6 Å². The minimum Gasteiger partial charge on any atom is -0.505 e. The number of aliphatic carboxylic acids is 1. The van der Waals surface area contributed by atoms with Crippen LogP contribution < -0.4 is 0 Å². The first kappa shape index (κ1) is 15.2. The molecule has 0 unspecified atom stereocenters. The van der Waals surface area contributed by atoms with E-state index in [0.717, 1.165) is 12.1 Å². The van der Waals surface area contributed by atoms with Crippen molar-refractivity contribution in [2.45, 2.75) is 25.9 Å². The van der Waals surface area contributed by atoms with Crippen LogP contribution >= 0.6 is 0 Å². The van der Waals surface area contributed by atoms with Gasteiger partial charge >= 0.3 is 5.97 Å². The molecule has 0 spiro atoms. The lowest BCUT2D eigenvalue weighted by Gasteiger charge is -2.18. The maximum absolute atomic E-state index is 13.2. The first-order valence-electron chi connectivity index (χ1n) is 5.97. The highest BCUT2D eigenvalue weighted by Crippen LogP contribution is 2.28. The summed E-state index contributed by atoms with van der Waals surface area (Å²) in [5, 5.41) is 27.5. The minimum absolute atomic E-state index is 0.151. The highest BCUT2D eigenvalue weighted by atomic mass is 19.1. The van der Waals surface area contributed by atoms with Crippen LogP contribution in [0.2, 0.25) is 0 Å². The number of aliphatic hydroxyl groups is 1. The van der Waals surface area contributed by atoms with Crippen molar-refractivity contribution in [3.05, 3.63) is 41.7 Å². The van der Waals surface area contributed by atoms with Gasteiger partial charge in [-0.2, -0.15) is 0 Å². The molecule has 0 aliphatic carbocycles. The van der Waals surface area contributed by atoms with E-state index < -0.39 is 23.6 Å². The molecule has 1 aromatic carbocycles. The molecule has 104 valence electrons. The highest BCUT2D eigenvalue weighted by molar-refractivity contribution is 5.79. The lowest BCUT2D eigenvalue weighted by atomic mass is 9.93. The summed E-state index contributed by atoms with van der Waals surface area (Å²) in [6.45, 7) is 1.80. The standard InChI is InChI=1S/C14H17FO4/c1-9(4-2-3-5-13(17)18)14(19)10-6-7-12(16)11(15)8-10/h3,5-9,14,16,19H,2,4H2,1H3,(H,17,18)/b5-3+/t9-,14-/m1/s1. The van der Waals surface area contributed by atoms with Crippen LogP contribution in [0.1, 0.15) is 31.4 Å². The molecule has 0 amide bonds. The lowest BCUT2D eigenvalue weighted by molar-refractivity contribution is -0.131. The van der Waals surface area contributed by atoms with Crippen LogP contribution in [-0.4, -0.2) is 21.3 Å². The van der Waals surface area contributed by atoms with Crippen LogP contribution in [0.5, 0.6) is 5.75 Å². The molecule has 0 heterocycles. The molecule has 0 saturated carbocycles. The molecular formula is C14H17FO4. The first-order valence-corrected chi connectivity index (χ1v) is 5.97. The molecule has 0 aliphatic heterocycles. The summed E-state index contributed by atoms with van der Waals surface area (Å²) in [5.74, 6) is -2.38. The molecule has 0 saturated heterocycles. The fraction of sp³-hybridized carbons (Fsp3) is 0.357. The van der Waals surface area contributed by atoms with Gasteiger partial charge in [0.2, 0.25) is 0 Å². The Morgan fingerprint density at radius 2 is 2.16 bits per heavy atom. The number of rotatable bonds is 6. The Labute approximate surface area is 110 Å². The van der Waals surface area contributed by atoms with Gasteiger partial charge in [-0.25, -0.2) is 9.18 Å². The number of allylic oxidation sites excluding steroid dienone is 1. The number of phenolic OH excluding ortho intramolecular Hbond substituents is 1. The van der Waals surface area contributed by atoms with Crippen molar-refractivity contribution in [1.82, 2.24) is 0 Å². The van der Waals surface area contributed by atoms with E-state index in [9.17, 15) is 14.3 Å². The van der Waals surface area contributed by atoms with Gasteiger partial charge < -0.3 is 15.3 Å². The van der Waals surface area contributed by atoms with Gasteiger partial charge in [0.05, 0.1) is 6.10 Å². The van der Waals surface area contributed by atoms with Crippen molar-refractivity contribution < 1.29 is 24.5 Å². The van der Waals surface area contributed by atoms with Crippen molar-refractivity contribution >= 4 is 5.97 Å². The van der Waals surface area contributed by atoms with Crippen LogP contribution in [0, 0.1) is 11.7 Å². The summed E-state index contributed by atoms with van der Waals surface area (Å²) in [6.07, 6.45) is 2.81. The van der Waals surface area contributed by atoms with Crippen LogP contribution in [0.15, 0.2) is 30.4 Å². The monoisotopic (exact) mass is 268 g/mol. The summed E-state index contributed by atoms with van der Waals surface area (Å²) in [5.41, 5.74) is 0.394. The molecule has 2 atom stereocenters. The predicted molar refractivity (Wildman–Crippen MR) is 68.2 cm³/mol. The Morgan fingerprint density at radius 1 is 1.47 bits per heavy atom. The summed E-state index contributed by atoms with van der Waals surface area (Å²) in [6, 6.07) is 3.77. The van der Waals surface area contributed by atoms with E-state index in [1.807, 2.05) is 0 Å². The van der Waals surface area contributed by atoms with E-state index in [4.69, 9.17) is 10.2 Å². The molecule has 0 fully saturated rings. The van der Waals surface area contributed by atoms with Gasteiger partial charge in [-0.3, -0.25) is 0 Å². The normalized spacial score (nSPS) is 14.5. The zero-order valence-corrected chi connectivity index (χ0v) is 10.6. The average molecular weight is 268 g/mol. The predicted octanol–water partition coefficient (Wildman–Crippen LogP) is 2.62. The topological polar surface area (TPSA) is 77.8 Å². The third-order valence-electron chi connectivity index (χ3n) is 2.90. The van der Waals surface area contributed by atoms with Crippen LogP contribution in [0.3, 0.4) is 0 Å². The molecule has 3 N–H and O–H groups in total. The van der Waals surface area contributed by atoms with Crippen molar-refractivity contribution in [2.75, 3.05) is 0 Å². The van der Waals surface area contributed by atoms with Gasteiger partial charge in [0.1, 0.15) is 0 Å². The third kappa shape index (κ3) is 4.71. The largest absolute Gasteiger partial charge is 0.505 e. The second-order valence-corrected chi connectivity index (χ2v) is 4.45. The van der Waals surface area contributed by atoms with E-state index in [1.165, 1.54) is 18.2 Å². The number of benzene rings is 1. The van der Waals surface area contributed by atoms with Crippen molar-refractivity contribution in [1.29, 1.82) is 0 Å². The number of carbonyl (C=O) groups is 1. The molecule has 1 aromatic rings. The van der Waals surface area contributed by atoms with Crippen molar-refractivity contribution in [3.63, 3.8) is 0 Å². The molecule has 5 heteroatoms. The van der Waals surface area contributed by atoms with Gasteiger partial charge in [0, 0.05) is 6.08 Å².